The van der Waals surface area contributed by atoms with Gasteiger partial charge >= 0.3 is 0 Å². The minimum Gasteiger partial charge on any atom is -0.338 e. The first-order valence-corrected chi connectivity index (χ1v) is 11.6. The minimum absolute atomic E-state index is 0.280. The van der Waals surface area contributed by atoms with Crippen molar-refractivity contribution in [2.24, 2.45) is 0 Å². The zero-order valence-corrected chi connectivity index (χ0v) is 17.8. The third-order valence-corrected chi connectivity index (χ3v) is 8.08. The highest BCUT2D eigenvalue weighted by atomic mass is 32.2. The van der Waals surface area contributed by atoms with Crippen molar-refractivity contribution in [3.05, 3.63) is 46.9 Å². The summed E-state index contributed by atoms with van der Waals surface area (Å²) in [4.78, 5) is 15.7. The fourth-order valence-corrected chi connectivity index (χ4v) is 5.06. The van der Waals surface area contributed by atoms with Gasteiger partial charge in [-0.3, -0.25) is 4.79 Å². The second-order valence-corrected chi connectivity index (χ2v) is 10.6. The van der Waals surface area contributed by atoms with Crippen LogP contribution >= 0.6 is 0 Å². The lowest BCUT2D eigenvalue weighted by molar-refractivity contribution is 0.368. The molecule has 0 aliphatic heterocycles. The molecule has 30 heavy (non-hydrogen) atoms. The molecule has 0 bridgehead atoms. The lowest BCUT2D eigenvalue weighted by Crippen LogP contribution is -2.29. The molecule has 4 rings (SSSR count). The molecule has 3 N–H and O–H groups in total. The average molecular weight is 425 g/mol. The Hall–Kier alpha value is -3.12. The van der Waals surface area contributed by atoms with Crippen molar-refractivity contribution >= 4 is 32.1 Å². The molecule has 2 heterocycles. The molecular weight excluding hydrogens is 400 g/mol. The van der Waals surface area contributed by atoms with E-state index in [-0.39, 0.29) is 10.8 Å². The molecule has 2 aromatic heterocycles. The maximum Gasteiger partial charge on any atom is 0.261 e. The first kappa shape index (κ1) is 20.2. The maximum absolute atomic E-state index is 12.6. The van der Waals surface area contributed by atoms with E-state index >= 15 is 0 Å². The number of fused-ring (bicyclic) bond motifs is 1. The van der Waals surface area contributed by atoms with E-state index in [0.29, 0.717) is 40.1 Å². The third kappa shape index (κ3) is 3.17. The summed E-state index contributed by atoms with van der Waals surface area (Å²) < 4.78 is 22.3. The number of aromatic amines is 1. The maximum atomic E-state index is 12.6. The number of hydrogen-bond acceptors (Lipinski definition) is 6. The molecule has 0 spiro atoms. The summed E-state index contributed by atoms with van der Waals surface area (Å²) in [5, 5.41) is 17.8. The standard InChI is InChI=1S/C21H24N6O2S/c1-14(2)30(23,29)16-7-5-15(6-8-16)25-19-18-17(9-12-24-20(18)28)27(26-19)21(13-22)10-3-4-11-21/h5-9,12,14,23H,3-4,10-11H2,1-2H3,(H,24,28)(H,25,26). The topological polar surface area (TPSA) is 127 Å². The van der Waals surface area contributed by atoms with E-state index in [4.69, 9.17) is 4.78 Å². The monoisotopic (exact) mass is 424 g/mol. The van der Waals surface area contributed by atoms with E-state index in [1.165, 1.54) is 0 Å². The van der Waals surface area contributed by atoms with Gasteiger partial charge < -0.3 is 10.3 Å². The minimum atomic E-state index is -2.86. The molecule has 8 nitrogen and oxygen atoms in total. The van der Waals surface area contributed by atoms with E-state index < -0.39 is 15.3 Å². The molecule has 1 fully saturated rings. The molecule has 156 valence electrons. The average Bonchev–Trinajstić information content (AvgIpc) is 3.35. The second kappa shape index (κ2) is 7.29. The first-order valence-electron chi connectivity index (χ1n) is 9.95. The second-order valence-electron chi connectivity index (χ2n) is 7.98. The summed E-state index contributed by atoms with van der Waals surface area (Å²) in [6, 6.07) is 11.0. The SMILES string of the molecule is CC(C)S(=N)(=O)c1ccc(Nc2nn(C3(C#N)CCCC3)c3cc[nH]c(=O)c23)cc1. The number of anilines is 2. The molecule has 0 saturated heterocycles. The number of hydrogen-bond donors (Lipinski definition) is 3. The van der Waals surface area contributed by atoms with Crippen LogP contribution in [0.1, 0.15) is 39.5 Å². The zero-order chi connectivity index (χ0) is 21.5. The van der Waals surface area contributed by atoms with Gasteiger partial charge in [0.15, 0.2) is 5.82 Å². The van der Waals surface area contributed by atoms with Gasteiger partial charge in [-0.05, 0) is 69.9 Å². The normalized spacial score (nSPS) is 17.7. The Bertz CT molecular complexity index is 1290. The highest BCUT2D eigenvalue weighted by Crippen LogP contribution is 2.39. The van der Waals surface area contributed by atoms with Crippen LogP contribution in [0.2, 0.25) is 0 Å². The number of nitriles is 1. The van der Waals surface area contributed by atoms with Gasteiger partial charge in [0.2, 0.25) is 0 Å². The van der Waals surface area contributed by atoms with Crippen molar-refractivity contribution in [1.82, 2.24) is 14.8 Å². The summed E-state index contributed by atoms with van der Waals surface area (Å²) in [5.74, 6) is 0.372. The molecule has 0 amide bonds. The Labute approximate surface area is 174 Å². The van der Waals surface area contributed by atoms with Crippen LogP contribution in [0.15, 0.2) is 46.2 Å². The lowest BCUT2D eigenvalue weighted by Gasteiger charge is -2.21. The number of benzene rings is 1. The molecular formula is C21H24N6O2S. The van der Waals surface area contributed by atoms with Crippen molar-refractivity contribution in [3.63, 3.8) is 0 Å². The van der Waals surface area contributed by atoms with Gasteiger partial charge in [0.25, 0.3) is 5.56 Å². The van der Waals surface area contributed by atoms with Gasteiger partial charge in [0, 0.05) is 22.0 Å². The number of aromatic nitrogens is 3. The number of pyridine rings is 1. The highest BCUT2D eigenvalue weighted by Gasteiger charge is 2.38. The van der Waals surface area contributed by atoms with Crippen molar-refractivity contribution < 1.29 is 4.21 Å². The molecule has 1 saturated carbocycles. The Morgan fingerprint density at radius 1 is 1.27 bits per heavy atom. The van der Waals surface area contributed by atoms with Crippen molar-refractivity contribution in [2.75, 3.05) is 5.32 Å². The van der Waals surface area contributed by atoms with Crippen LogP contribution in [-0.4, -0.2) is 24.2 Å². The van der Waals surface area contributed by atoms with E-state index in [1.54, 1.807) is 55.1 Å². The number of nitrogens with one attached hydrogen (secondary N) is 3. The van der Waals surface area contributed by atoms with Gasteiger partial charge in [0.1, 0.15) is 10.9 Å². The lowest BCUT2D eigenvalue weighted by atomic mass is 10.00. The highest BCUT2D eigenvalue weighted by molar-refractivity contribution is 7.93. The Balaban J connectivity index is 1.77. The largest absolute Gasteiger partial charge is 0.338 e. The Morgan fingerprint density at radius 2 is 1.93 bits per heavy atom. The van der Waals surface area contributed by atoms with E-state index in [9.17, 15) is 14.3 Å². The molecule has 1 aromatic carbocycles. The van der Waals surface area contributed by atoms with Crippen molar-refractivity contribution in [3.8, 4) is 6.07 Å². The van der Waals surface area contributed by atoms with Crippen LogP contribution in [0, 0.1) is 16.1 Å². The predicted molar refractivity (Wildman–Crippen MR) is 116 cm³/mol. The van der Waals surface area contributed by atoms with Crippen LogP contribution in [0.25, 0.3) is 10.9 Å². The Morgan fingerprint density at radius 3 is 2.53 bits per heavy atom. The number of rotatable bonds is 5. The van der Waals surface area contributed by atoms with Crippen LogP contribution in [0.5, 0.6) is 0 Å². The summed E-state index contributed by atoms with van der Waals surface area (Å²) >= 11 is 0. The molecule has 9 heteroatoms. The zero-order valence-electron chi connectivity index (χ0n) is 16.9. The van der Waals surface area contributed by atoms with Gasteiger partial charge in [0.05, 0.1) is 21.3 Å². The molecule has 1 aliphatic carbocycles. The summed E-state index contributed by atoms with van der Waals surface area (Å²) in [6.07, 6.45) is 4.87. The van der Waals surface area contributed by atoms with Crippen LogP contribution in [0.4, 0.5) is 11.5 Å². The van der Waals surface area contributed by atoms with E-state index in [0.717, 1.165) is 12.8 Å². The van der Waals surface area contributed by atoms with Gasteiger partial charge in [-0.2, -0.15) is 10.4 Å². The Kier molecular flexibility index (Phi) is 4.90. The molecule has 1 aliphatic rings. The summed E-state index contributed by atoms with van der Waals surface area (Å²) in [5.41, 5.74) is 0.252. The van der Waals surface area contributed by atoms with Gasteiger partial charge in [-0.25, -0.2) is 13.7 Å². The number of H-pyrrole nitrogens is 1. The van der Waals surface area contributed by atoms with E-state index in [2.05, 4.69) is 21.5 Å². The summed E-state index contributed by atoms with van der Waals surface area (Å²) in [7, 11) is -2.86. The quantitative estimate of drug-likeness (QED) is 0.569. The van der Waals surface area contributed by atoms with Crippen LogP contribution in [-0.2, 0) is 15.3 Å². The molecule has 1 atom stereocenters. The van der Waals surface area contributed by atoms with Crippen molar-refractivity contribution in [1.29, 1.82) is 10.0 Å². The molecule has 1 unspecified atom stereocenters. The van der Waals surface area contributed by atoms with Gasteiger partial charge in [-0.1, -0.05) is 0 Å². The van der Waals surface area contributed by atoms with Crippen LogP contribution in [0.3, 0.4) is 0 Å². The van der Waals surface area contributed by atoms with E-state index in [1.807, 2.05) is 0 Å². The van der Waals surface area contributed by atoms with Crippen molar-refractivity contribution in [2.45, 2.75) is 55.2 Å². The molecule has 3 aromatic rings. The summed E-state index contributed by atoms with van der Waals surface area (Å²) in [6.45, 7) is 3.53. The first-order chi connectivity index (χ1) is 14.3. The number of nitrogens with zero attached hydrogens (tertiary/aromatic N) is 3. The fraction of sp³-hybridized carbons (Fsp3) is 0.381. The van der Waals surface area contributed by atoms with Gasteiger partial charge in [-0.15, -0.1) is 0 Å². The third-order valence-electron chi connectivity index (χ3n) is 5.78. The molecule has 0 radical (unpaired) electrons. The smallest absolute Gasteiger partial charge is 0.261 e. The predicted octanol–water partition coefficient (Wildman–Crippen LogP) is 4.08. The fourth-order valence-electron chi connectivity index (χ4n) is 3.97. The van der Waals surface area contributed by atoms with Crippen LogP contribution < -0.4 is 10.9 Å².